The minimum atomic E-state index is -0.222. The maximum atomic E-state index is 12.0. The third-order valence-corrected chi connectivity index (χ3v) is 5.37. The van der Waals surface area contributed by atoms with Gasteiger partial charge in [0.1, 0.15) is 11.5 Å². The van der Waals surface area contributed by atoms with Gasteiger partial charge in [0.2, 0.25) is 11.8 Å². The fourth-order valence-corrected chi connectivity index (χ4v) is 3.60. The van der Waals surface area contributed by atoms with E-state index in [4.69, 9.17) is 9.47 Å². The first-order chi connectivity index (χ1) is 16.4. The molecular weight excluding hydrogens is 568 g/mol. The van der Waals surface area contributed by atoms with Gasteiger partial charge in [0.15, 0.2) is 0 Å². The van der Waals surface area contributed by atoms with E-state index in [0.717, 1.165) is 20.1 Å². The summed E-state index contributed by atoms with van der Waals surface area (Å²) in [5.41, 5.74) is 6.51. The molecule has 2 N–H and O–H groups in total. The Labute approximate surface area is 216 Å². The molecule has 34 heavy (non-hydrogen) atoms. The molecule has 0 unspecified atom stereocenters. The van der Waals surface area contributed by atoms with Crippen LogP contribution in [0.1, 0.15) is 50.7 Å². The topological polar surface area (TPSA) is 101 Å². The van der Waals surface area contributed by atoms with Crippen LogP contribution in [0.4, 0.5) is 0 Å². The number of nitrogens with one attached hydrogen (secondary N) is 2. The zero-order valence-electron chi connectivity index (χ0n) is 19.1. The van der Waals surface area contributed by atoms with E-state index < -0.39 is 0 Å². The molecule has 2 amide bonds. The molecule has 0 aliphatic heterocycles. The molecule has 0 aromatic heterocycles. The van der Waals surface area contributed by atoms with Gasteiger partial charge in [-0.15, -0.1) is 0 Å². The van der Waals surface area contributed by atoms with Crippen molar-refractivity contribution in [2.45, 2.75) is 39.5 Å². The Morgan fingerprint density at radius 1 is 0.794 bits per heavy atom. The number of carbonyl (C=O) groups is 2. The van der Waals surface area contributed by atoms with Crippen molar-refractivity contribution in [3.05, 3.63) is 56.5 Å². The van der Waals surface area contributed by atoms with Crippen LogP contribution in [0.2, 0.25) is 0 Å². The van der Waals surface area contributed by atoms with Crippen LogP contribution >= 0.6 is 31.9 Å². The lowest BCUT2D eigenvalue weighted by Gasteiger charge is -2.07. The fraction of sp³-hybridized carbons (Fsp3) is 0.333. The van der Waals surface area contributed by atoms with Crippen LogP contribution in [0.5, 0.6) is 11.5 Å². The second-order valence-corrected chi connectivity index (χ2v) is 8.86. The number of benzene rings is 2. The van der Waals surface area contributed by atoms with Crippen molar-refractivity contribution in [1.29, 1.82) is 0 Å². The SMILES string of the molecule is CCOc1ccc(Br)cc1/C=N/NC(=O)CCCCC(=O)N/N=C/c1cc(Br)ccc1OCC. The van der Waals surface area contributed by atoms with Gasteiger partial charge in [0, 0.05) is 32.9 Å². The third kappa shape index (κ3) is 10.0. The highest BCUT2D eigenvalue weighted by molar-refractivity contribution is 9.10. The Morgan fingerprint density at radius 3 is 1.59 bits per heavy atom. The number of ether oxygens (including phenoxy) is 2. The minimum absolute atomic E-state index is 0.222. The quantitative estimate of drug-likeness (QED) is 0.189. The highest BCUT2D eigenvalue weighted by atomic mass is 79.9. The van der Waals surface area contributed by atoms with E-state index >= 15 is 0 Å². The largest absolute Gasteiger partial charge is 0.493 e. The molecule has 0 aliphatic carbocycles. The molecule has 0 radical (unpaired) electrons. The Bertz CT molecular complexity index is 947. The first-order valence-electron chi connectivity index (χ1n) is 10.9. The number of rotatable bonds is 13. The van der Waals surface area contributed by atoms with E-state index in [-0.39, 0.29) is 24.7 Å². The smallest absolute Gasteiger partial charge is 0.240 e. The van der Waals surface area contributed by atoms with Crippen LogP contribution < -0.4 is 20.3 Å². The van der Waals surface area contributed by atoms with Crippen molar-refractivity contribution in [2.75, 3.05) is 13.2 Å². The minimum Gasteiger partial charge on any atom is -0.493 e. The zero-order chi connectivity index (χ0) is 24.8. The van der Waals surface area contributed by atoms with Crippen LogP contribution in [0.15, 0.2) is 55.5 Å². The van der Waals surface area contributed by atoms with Gasteiger partial charge in [-0.05, 0) is 63.1 Å². The lowest BCUT2D eigenvalue weighted by atomic mass is 10.2. The molecule has 182 valence electrons. The van der Waals surface area contributed by atoms with Crippen molar-refractivity contribution in [1.82, 2.24) is 10.9 Å². The normalized spacial score (nSPS) is 11.1. The number of hydrogen-bond acceptors (Lipinski definition) is 6. The molecule has 0 saturated heterocycles. The van der Waals surface area contributed by atoms with E-state index in [9.17, 15) is 9.59 Å². The van der Waals surface area contributed by atoms with Crippen molar-refractivity contribution in [3.8, 4) is 11.5 Å². The van der Waals surface area contributed by atoms with Gasteiger partial charge >= 0.3 is 0 Å². The number of carbonyl (C=O) groups excluding carboxylic acids is 2. The second kappa shape index (κ2) is 15.2. The van der Waals surface area contributed by atoms with Gasteiger partial charge in [0.05, 0.1) is 25.6 Å². The summed E-state index contributed by atoms with van der Waals surface area (Å²) in [6.07, 6.45) is 4.73. The van der Waals surface area contributed by atoms with Crippen molar-refractivity contribution < 1.29 is 19.1 Å². The first-order valence-corrected chi connectivity index (χ1v) is 12.5. The summed E-state index contributed by atoms with van der Waals surface area (Å²) >= 11 is 6.82. The molecule has 0 fully saturated rings. The van der Waals surface area contributed by atoms with E-state index in [2.05, 4.69) is 52.9 Å². The Balaban J connectivity index is 1.70. The number of halogens is 2. The van der Waals surface area contributed by atoms with Gasteiger partial charge in [0.25, 0.3) is 0 Å². The van der Waals surface area contributed by atoms with Gasteiger partial charge in [-0.2, -0.15) is 10.2 Å². The summed E-state index contributed by atoms with van der Waals surface area (Å²) in [7, 11) is 0. The molecule has 10 heteroatoms. The molecule has 0 spiro atoms. The monoisotopic (exact) mass is 594 g/mol. The fourth-order valence-electron chi connectivity index (χ4n) is 2.84. The standard InChI is InChI=1S/C24H28Br2N4O4/c1-3-33-21-11-9-19(25)13-17(21)15-27-29-23(31)7-5-6-8-24(32)30-28-16-18-14-20(26)10-12-22(18)34-4-2/h9-16H,3-8H2,1-2H3,(H,29,31)(H,30,32)/b27-15+,28-16+. The van der Waals surface area contributed by atoms with Gasteiger partial charge in [-0.25, -0.2) is 10.9 Å². The molecule has 2 aromatic carbocycles. The first kappa shape index (κ1) is 27.5. The number of unbranched alkanes of at least 4 members (excludes halogenated alkanes) is 1. The van der Waals surface area contributed by atoms with Crippen LogP contribution in [0.25, 0.3) is 0 Å². The van der Waals surface area contributed by atoms with E-state index in [1.807, 2.05) is 50.2 Å². The maximum Gasteiger partial charge on any atom is 0.240 e. The maximum absolute atomic E-state index is 12.0. The summed E-state index contributed by atoms with van der Waals surface area (Å²) < 4.78 is 12.9. The van der Waals surface area contributed by atoms with Crippen molar-refractivity contribution in [3.63, 3.8) is 0 Å². The Kier molecular flexibility index (Phi) is 12.3. The second-order valence-electron chi connectivity index (χ2n) is 7.02. The molecule has 0 heterocycles. The summed E-state index contributed by atoms with van der Waals surface area (Å²) in [5.74, 6) is 0.930. The third-order valence-electron chi connectivity index (χ3n) is 4.39. The molecular formula is C24H28Br2N4O4. The van der Waals surface area contributed by atoms with Crippen LogP contribution in [-0.2, 0) is 9.59 Å². The van der Waals surface area contributed by atoms with Crippen molar-refractivity contribution in [2.24, 2.45) is 10.2 Å². The van der Waals surface area contributed by atoms with Gasteiger partial charge in [-0.3, -0.25) is 9.59 Å². The van der Waals surface area contributed by atoms with Crippen LogP contribution in [-0.4, -0.2) is 37.5 Å². The Morgan fingerprint density at radius 2 is 1.21 bits per heavy atom. The van der Waals surface area contributed by atoms with Crippen LogP contribution in [0.3, 0.4) is 0 Å². The number of nitrogens with zero attached hydrogens (tertiary/aromatic N) is 2. The molecule has 0 saturated carbocycles. The molecule has 0 aliphatic rings. The van der Waals surface area contributed by atoms with E-state index in [1.165, 1.54) is 0 Å². The lowest BCUT2D eigenvalue weighted by Crippen LogP contribution is -2.19. The molecule has 2 rings (SSSR count). The van der Waals surface area contributed by atoms with Gasteiger partial charge in [-0.1, -0.05) is 31.9 Å². The summed E-state index contributed by atoms with van der Waals surface area (Å²) in [4.78, 5) is 24.0. The lowest BCUT2D eigenvalue weighted by molar-refractivity contribution is -0.123. The molecule has 8 nitrogen and oxygen atoms in total. The summed E-state index contributed by atoms with van der Waals surface area (Å²) in [6, 6.07) is 11.1. The number of hydrogen-bond donors (Lipinski definition) is 2. The highest BCUT2D eigenvalue weighted by Gasteiger charge is 2.06. The van der Waals surface area contributed by atoms with E-state index in [0.29, 0.717) is 37.6 Å². The average Bonchev–Trinajstić information content (AvgIpc) is 2.80. The average molecular weight is 596 g/mol. The zero-order valence-corrected chi connectivity index (χ0v) is 22.3. The predicted molar refractivity (Wildman–Crippen MR) is 141 cm³/mol. The highest BCUT2D eigenvalue weighted by Crippen LogP contribution is 2.22. The Hall–Kier alpha value is -2.72. The molecule has 0 bridgehead atoms. The predicted octanol–water partition coefficient (Wildman–Crippen LogP) is 5.17. The molecule has 2 aromatic rings. The summed E-state index contributed by atoms with van der Waals surface area (Å²) in [6.45, 7) is 4.87. The molecule has 0 atom stereocenters. The summed E-state index contributed by atoms with van der Waals surface area (Å²) in [5, 5.41) is 8.00. The van der Waals surface area contributed by atoms with Crippen molar-refractivity contribution >= 4 is 56.1 Å². The number of hydrazone groups is 2. The van der Waals surface area contributed by atoms with Crippen LogP contribution in [0, 0.1) is 0 Å². The van der Waals surface area contributed by atoms with Gasteiger partial charge < -0.3 is 9.47 Å². The number of amides is 2. The van der Waals surface area contributed by atoms with E-state index in [1.54, 1.807) is 12.4 Å².